The molecule has 0 unspecified atom stereocenters. The number of methoxy groups -OCH3 is 1. The van der Waals surface area contributed by atoms with Crippen LogP contribution in [0.3, 0.4) is 0 Å². The van der Waals surface area contributed by atoms with Crippen molar-refractivity contribution in [2.24, 2.45) is 11.8 Å². The van der Waals surface area contributed by atoms with Gasteiger partial charge >= 0.3 is 0 Å². The molecule has 23 heavy (non-hydrogen) atoms. The lowest BCUT2D eigenvalue weighted by molar-refractivity contribution is -0.135. The molecule has 1 saturated heterocycles. The van der Waals surface area contributed by atoms with Crippen LogP contribution in [0.25, 0.3) is 0 Å². The van der Waals surface area contributed by atoms with Gasteiger partial charge in [0.1, 0.15) is 6.61 Å². The molecule has 0 aromatic carbocycles. The van der Waals surface area contributed by atoms with Gasteiger partial charge in [-0.05, 0) is 18.8 Å². The van der Waals surface area contributed by atoms with Gasteiger partial charge in [0.15, 0.2) is 0 Å². The number of carbonyl (C=O) groups is 2. The number of hydrogen-bond acceptors (Lipinski definition) is 4. The number of nitrogens with zero attached hydrogens (tertiary/aromatic N) is 1. The van der Waals surface area contributed by atoms with Crippen molar-refractivity contribution < 1.29 is 19.4 Å². The SMILES string of the molecule is COCC(=O)N[C@@H]1CN(C(=O)CCC2CCCC2)CC[C@@H]1CO. The number of aliphatic hydroxyl groups excluding tert-OH is 1. The maximum Gasteiger partial charge on any atom is 0.246 e. The molecule has 1 heterocycles. The number of aliphatic hydroxyl groups is 1. The first-order chi connectivity index (χ1) is 11.1. The van der Waals surface area contributed by atoms with Crippen LogP contribution in [0.15, 0.2) is 0 Å². The van der Waals surface area contributed by atoms with Crippen molar-refractivity contribution in [3.63, 3.8) is 0 Å². The summed E-state index contributed by atoms with van der Waals surface area (Å²) in [6.07, 6.45) is 7.43. The third-order valence-electron chi connectivity index (χ3n) is 5.21. The number of ether oxygens (including phenoxy) is 1. The van der Waals surface area contributed by atoms with Gasteiger partial charge < -0.3 is 20.1 Å². The summed E-state index contributed by atoms with van der Waals surface area (Å²) in [5.74, 6) is 0.705. The highest BCUT2D eigenvalue weighted by molar-refractivity contribution is 5.78. The normalized spacial score (nSPS) is 25.6. The number of amides is 2. The Morgan fingerprint density at radius 1 is 1.26 bits per heavy atom. The first-order valence-corrected chi connectivity index (χ1v) is 8.81. The highest BCUT2D eigenvalue weighted by atomic mass is 16.5. The van der Waals surface area contributed by atoms with Crippen molar-refractivity contribution in [2.75, 3.05) is 33.4 Å². The molecular weight excluding hydrogens is 296 g/mol. The van der Waals surface area contributed by atoms with Crippen LogP contribution in [-0.2, 0) is 14.3 Å². The zero-order chi connectivity index (χ0) is 16.7. The molecule has 0 aromatic heterocycles. The van der Waals surface area contributed by atoms with Crippen LogP contribution in [0, 0.1) is 11.8 Å². The Balaban J connectivity index is 1.82. The van der Waals surface area contributed by atoms with E-state index in [0.717, 1.165) is 12.8 Å². The monoisotopic (exact) mass is 326 g/mol. The van der Waals surface area contributed by atoms with Gasteiger partial charge in [0.05, 0.1) is 6.04 Å². The Morgan fingerprint density at radius 2 is 2.00 bits per heavy atom. The number of rotatable bonds is 7. The first kappa shape index (κ1) is 18.2. The van der Waals surface area contributed by atoms with Gasteiger partial charge in [-0.3, -0.25) is 9.59 Å². The molecule has 2 rings (SSSR count). The van der Waals surface area contributed by atoms with Gasteiger partial charge in [-0.1, -0.05) is 25.7 Å². The van der Waals surface area contributed by atoms with Gasteiger partial charge in [0.25, 0.3) is 0 Å². The van der Waals surface area contributed by atoms with Gasteiger partial charge in [0, 0.05) is 39.1 Å². The smallest absolute Gasteiger partial charge is 0.246 e. The molecule has 2 atom stereocenters. The van der Waals surface area contributed by atoms with E-state index in [1.54, 1.807) is 0 Å². The fourth-order valence-electron chi connectivity index (χ4n) is 3.77. The lowest BCUT2D eigenvalue weighted by Crippen LogP contribution is -2.55. The second kappa shape index (κ2) is 9.23. The molecule has 2 fully saturated rings. The van der Waals surface area contributed by atoms with E-state index in [4.69, 9.17) is 4.74 Å². The summed E-state index contributed by atoms with van der Waals surface area (Å²) in [6, 6.07) is -0.188. The van der Waals surface area contributed by atoms with Crippen LogP contribution >= 0.6 is 0 Å². The molecule has 132 valence electrons. The van der Waals surface area contributed by atoms with Crippen molar-refractivity contribution in [3.05, 3.63) is 0 Å². The Kier molecular flexibility index (Phi) is 7.30. The van der Waals surface area contributed by atoms with Crippen LogP contribution in [0.5, 0.6) is 0 Å². The molecule has 2 aliphatic rings. The quantitative estimate of drug-likeness (QED) is 0.729. The fraction of sp³-hybridized carbons (Fsp3) is 0.882. The Hall–Kier alpha value is -1.14. The summed E-state index contributed by atoms with van der Waals surface area (Å²) in [4.78, 5) is 26.0. The molecule has 0 aromatic rings. The average Bonchev–Trinajstić information content (AvgIpc) is 3.06. The number of nitrogens with one attached hydrogen (secondary N) is 1. The third-order valence-corrected chi connectivity index (χ3v) is 5.21. The van der Waals surface area contributed by atoms with Crippen LogP contribution in [0.4, 0.5) is 0 Å². The number of carbonyl (C=O) groups excluding carboxylic acids is 2. The van der Waals surface area contributed by atoms with Crippen LogP contribution < -0.4 is 5.32 Å². The zero-order valence-corrected chi connectivity index (χ0v) is 14.1. The molecule has 0 radical (unpaired) electrons. The van der Waals surface area contributed by atoms with E-state index in [1.165, 1.54) is 32.8 Å². The Bertz CT molecular complexity index is 396. The van der Waals surface area contributed by atoms with E-state index >= 15 is 0 Å². The Morgan fingerprint density at radius 3 is 2.65 bits per heavy atom. The van der Waals surface area contributed by atoms with E-state index in [9.17, 15) is 14.7 Å². The topological polar surface area (TPSA) is 78.9 Å². The van der Waals surface area contributed by atoms with E-state index in [0.29, 0.717) is 25.4 Å². The lowest BCUT2D eigenvalue weighted by Gasteiger charge is -2.38. The van der Waals surface area contributed by atoms with E-state index in [2.05, 4.69) is 5.32 Å². The number of likely N-dealkylation sites (tertiary alicyclic amines) is 1. The largest absolute Gasteiger partial charge is 0.396 e. The molecule has 0 spiro atoms. The molecule has 1 aliphatic heterocycles. The van der Waals surface area contributed by atoms with Crippen LogP contribution in [-0.4, -0.2) is 61.3 Å². The van der Waals surface area contributed by atoms with Crippen LogP contribution in [0.1, 0.15) is 44.9 Å². The van der Waals surface area contributed by atoms with E-state index < -0.39 is 0 Å². The maximum absolute atomic E-state index is 12.4. The summed E-state index contributed by atoms with van der Waals surface area (Å²) in [7, 11) is 1.48. The van der Waals surface area contributed by atoms with Gasteiger partial charge in [0.2, 0.25) is 11.8 Å². The average molecular weight is 326 g/mol. The third kappa shape index (κ3) is 5.46. The van der Waals surface area contributed by atoms with Crippen molar-refractivity contribution in [3.8, 4) is 0 Å². The van der Waals surface area contributed by atoms with Gasteiger partial charge in [-0.2, -0.15) is 0 Å². The molecule has 2 N–H and O–H groups in total. The highest BCUT2D eigenvalue weighted by Gasteiger charge is 2.32. The molecule has 0 bridgehead atoms. The molecule has 6 nitrogen and oxygen atoms in total. The summed E-state index contributed by atoms with van der Waals surface area (Å²) >= 11 is 0. The molecule has 2 amide bonds. The van der Waals surface area contributed by atoms with E-state index in [-0.39, 0.29) is 37.0 Å². The summed E-state index contributed by atoms with van der Waals surface area (Å²) in [5, 5.41) is 12.4. The standard InChI is InChI=1S/C17H30N2O4/c1-23-12-16(21)18-15-10-19(9-8-14(15)11-20)17(22)7-6-13-4-2-3-5-13/h13-15,20H,2-12H2,1H3,(H,18,21)/t14-,15-/m1/s1. The van der Waals surface area contributed by atoms with Gasteiger partial charge in [-0.15, -0.1) is 0 Å². The molecular formula is C17H30N2O4. The molecule has 1 aliphatic carbocycles. The minimum atomic E-state index is -0.198. The van der Waals surface area contributed by atoms with Gasteiger partial charge in [-0.25, -0.2) is 0 Å². The second-order valence-electron chi connectivity index (χ2n) is 6.87. The number of piperidine rings is 1. The summed E-state index contributed by atoms with van der Waals surface area (Å²) in [6.45, 7) is 1.20. The van der Waals surface area contributed by atoms with Crippen LogP contribution in [0.2, 0.25) is 0 Å². The van der Waals surface area contributed by atoms with E-state index in [1.807, 2.05) is 4.90 Å². The summed E-state index contributed by atoms with van der Waals surface area (Å²) < 4.78 is 4.83. The first-order valence-electron chi connectivity index (χ1n) is 8.81. The second-order valence-corrected chi connectivity index (χ2v) is 6.87. The number of hydrogen-bond donors (Lipinski definition) is 2. The fourth-order valence-corrected chi connectivity index (χ4v) is 3.77. The molecule has 6 heteroatoms. The minimum absolute atomic E-state index is 0.00424. The summed E-state index contributed by atoms with van der Waals surface area (Å²) in [5.41, 5.74) is 0. The Labute approximate surface area is 138 Å². The maximum atomic E-state index is 12.4. The molecule has 1 saturated carbocycles. The van der Waals surface area contributed by atoms with Crippen molar-refractivity contribution in [1.29, 1.82) is 0 Å². The predicted molar refractivity (Wildman–Crippen MR) is 86.8 cm³/mol. The zero-order valence-electron chi connectivity index (χ0n) is 14.1. The highest BCUT2D eigenvalue weighted by Crippen LogP contribution is 2.29. The van der Waals surface area contributed by atoms with Crippen molar-refractivity contribution in [2.45, 2.75) is 51.0 Å². The minimum Gasteiger partial charge on any atom is -0.396 e. The lowest BCUT2D eigenvalue weighted by atomic mass is 9.91. The van der Waals surface area contributed by atoms with Crippen molar-refractivity contribution >= 4 is 11.8 Å². The predicted octanol–water partition coefficient (Wildman–Crippen LogP) is 0.929. The van der Waals surface area contributed by atoms with Crippen molar-refractivity contribution in [1.82, 2.24) is 10.2 Å².